The van der Waals surface area contributed by atoms with Gasteiger partial charge in [-0.05, 0) is 39.0 Å². The Morgan fingerprint density at radius 2 is 2.14 bits per heavy atom. The van der Waals surface area contributed by atoms with Crippen molar-refractivity contribution in [3.8, 4) is 11.8 Å². The van der Waals surface area contributed by atoms with Gasteiger partial charge in [-0.25, -0.2) is 4.39 Å². The molecule has 5 heteroatoms. The van der Waals surface area contributed by atoms with E-state index < -0.39 is 0 Å². The third-order valence-corrected chi connectivity index (χ3v) is 2.49. The maximum atomic E-state index is 13.7. The zero-order valence-electron chi connectivity index (χ0n) is 12.6. The first-order valence-corrected chi connectivity index (χ1v) is 6.70. The molecule has 0 bridgehead atoms. The highest BCUT2D eigenvalue weighted by Gasteiger charge is 2.13. The first kappa shape index (κ1) is 17.2. The highest BCUT2D eigenvalue weighted by molar-refractivity contribution is 5.77. The zero-order valence-corrected chi connectivity index (χ0v) is 12.6. The second-order valence-corrected chi connectivity index (χ2v) is 5.49. The second-order valence-electron chi connectivity index (χ2n) is 5.49. The van der Waals surface area contributed by atoms with Gasteiger partial charge >= 0.3 is 0 Å². The molecule has 0 spiro atoms. The molecule has 1 aromatic rings. The van der Waals surface area contributed by atoms with Crippen LogP contribution < -0.4 is 11.1 Å². The number of nitrogens with one attached hydrogen (secondary N) is 1. The highest BCUT2D eigenvalue weighted by Crippen LogP contribution is 2.10. The van der Waals surface area contributed by atoms with Crippen LogP contribution in [0.3, 0.4) is 0 Å². The van der Waals surface area contributed by atoms with Crippen LogP contribution in [0.15, 0.2) is 18.2 Å². The van der Waals surface area contributed by atoms with Gasteiger partial charge in [-0.1, -0.05) is 11.8 Å². The number of hydrogen-bond donors (Lipinski definition) is 2. The summed E-state index contributed by atoms with van der Waals surface area (Å²) in [6, 6.07) is 4.50. The summed E-state index contributed by atoms with van der Waals surface area (Å²) >= 11 is 0. The van der Waals surface area contributed by atoms with Crippen molar-refractivity contribution >= 4 is 5.91 Å². The topological polar surface area (TPSA) is 64.3 Å². The van der Waals surface area contributed by atoms with Crippen LogP contribution in [0.5, 0.6) is 0 Å². The first-order chi connectivity index (χ1) is 9.81. The third-order valence-electron chi connectivity index (χ3n) is 2.49. The lowest BCUT2D eigenvalue weighted by atomic mass is 10.1. The average Bonchev–Trinajstić information content (AvgIpc) is 2.42. The van der Waals surface area contributed by atoms with Gasteiger partial charge in [0.05, 0.1) is 12.1 Å². The Labute approximate surface area is 124 Å². The zero-order chi connectivity index (χ0) is 15.9. The minimum Gasteiger partial charge on any atom is -0.366 e. The Morgan fingerprint density at radius 1 is 1.43 bits per heavy atom. The van der Waals surface area contributed by atoms with Crippen LogP contribution in [-0.4, -0.2) is 24.7 Å². The first-order valence-electron chi connectivity index (χ1n) is 6.70. The fourth-order valence-electron chi connectivity index (χ4n) is 1.47. The number of amides is 1. The average molecular weight is 292 g/mol. The van der Waals surface area contributed by atoms with Crippen molar-refractivity contribution in [2.24, 2.45) is 5.73 Å². The van der Waals surface area contributed by atoms with Crippen LogP contribution in [0.2, 0.25) is 0 Å². The molecule has 4 nitrogen and oxygen atoms in total. The Bertz CT molecular complexity index is 554. The minimum absolute atomic E-state index is 0.0577. The summed E-state index contributed by atoms with van der Waals surface area (Å²) in [6.45, 7) is 5.86. The molecule has 0 atom stereocenters. The largest absolute Gasteiger partial charge is 0.366 e. The van der Waals surface area contributed by atoms with Gasteiger partial charge in [0.25, 0.3) is 0 Å². The number of benzene rings is 1. The molecule has 0 unspecified atom stereocenters. The molecule has 21 heavy (non-hydrogen) atoms. The fourth-order valence-corrected chi connectivity index (χ4v) is 1.47. The Morgan fingerprint density at radius 3 is 2.76 bits per heavy atom. The summed E-state index contributed by atoms with van der Waals surface area (Å²) in [5, 5.41) is 2.62. The molecule has 0 heterocycles. The minimum atomic E-state index is -0.389. The van der Waals surface area contributed by atoms with Crippen molar-refractivity contribution in [2.75, 3.05) is 13.2 Å². The monoisotopic (exact) mass is 292 g/mol. The fraction of sp³-hybridized carbons (Fsp3) is 0.438. The molecule has 0 saturated heterocycles. The molecule has 0 aliphatic rings. The summed E-state index contributed by atoms with van der Waals surface area (Å²) in [5.74, 6) is 4.85. The predicted molar refractivity (Wildman–Crippen MR) is 79.9 cm³/mol. The van der Waals surface area contributed by atoms with Crippen LogP contribution in [-0.2, 0) is 16.1 Å². The molecule has 0 aliphatic carbocycles. The van der Waals surface area contributed by atoms with Gasteiger partial charge in [-0.15, -0.1) is 0 Å². The second kappa shape index (κ2) is 7.77. The molecule has 0 aliphatic heterocycles. The normalized spacial score (nSPS) is 10.7. The molecule has 0 fully saturated rings. The SMILES string of the molecule is CC(C)(C)OCC(=O)NCc1cc(C#CCN)ccc1F. The van der Waals surface area contributed by atoms with Crippen molar-refractivity contribution in [1.82, 2.24) is 5.32 Å². The number of nitrogens with two attached hydrogens (primary N) is 1. The number of halogens is 1. The van der Waals surface area contributed by atoms with Crippen LogP contribution in [0.4, 0.5) is 4.39 Å². The van der Waals surface area contributed by atoms with E-state index in [4.69, 9.17) is 10.5 Å². The van der Waals surface area contributed by atoms with Gasteiger partial charge in [-0.3, -0.25) is 4.79 Å². The molecular weight excluding hydrogens is 271 g/mol. The summed E-state index contributed by atoms with van der Waals surface area (Å²) in [7, 11) is 0. The Balaban J connectivity index is 2.60. The Kier molecular flexibility index (Phi) is 6.35. The summed E-state index contributed by atoms with van der Waals surface area (Å²) in [5.41, 5.74) is 5.95. The molecule has 0 saturated carbocycles. The number of rotatable bonds is 4. The molecule has 1 amide bonds. The lowest BCUT2D eigenvalue weighted by molar-refractivity contribution is -0.130. The lowest BCUT2D eigenvalue weighted by Crippen LogP contribution is -2.31. The highest BCUT2D eigenvalue weighted by atomic mass is 19.1. The molecule has 0 aromatic heterocycles. The quantitative estimate of drug-likeness (QED) is 0.828. The van der Waals surface area contributed by atoms with Crippen molar-refractivity contribution in [3.63, 3.8) is 0 Å². The van der Waals surface area contributed by atoms with E-state index in [1.165, 1.54) is 6.07 Å². The lowest BCUT2D eigenvalue weighted by Gasteiger charge is -2.19. The van der Waals surface area contributed by atoms with Gasteiger partial charge in [-0.2, -0.15) is 0 Å². The summed E-state index contributed by atoms with van der Waals surface area (Å²) in [4.78, 5) is 11.6. The van der Waals surface area contributed by atoms with E-state index in [0.29, 0.717) is 11.1 Å². The van der Waals surface area contributed by atoms with E-state index in [1.54, 1.807) is 12.1 Å². The summed E-state index contributed by atoms with van der Waals surface area (Å²) in [6.07, 6.45) is 0. The van der Waals surface area contributed by atoms with Gasteiger partial charge < -0.3 is 15.8 Å². The molecule has 114 valence electrons. The van der Waals surface area contributed by atoms with E-state index in [2.05, 4.69) is 17.2 Å². The van der Waals surface area contributed by atoms with Gasteiger partial charge in [0.15, 0.2) is 0 Å². The van der Waals surface area contributed by atoms with Crippen LogP contribution in [0, 0.1) is 17.7 Å². The number of carbonyl (C=O) groups excluding carboxylic acids is 1. The van der Waals surface area contributed by atoms with Gasteiger partial charge in [0.1, 0.15) is 12.4 Å². The Hall–Kier alpha value is -1.90. The summed E-state index contributed by atoms with van der Waals surface area (Å²) < 4.78 is 19.0. The number of hydrogen-bond acceptors (Lipinski definition) is 3. The van der Waals surface area contributed by atoms with E-state index in [1.807, 2.05) is 20.8 Å². The van der Waals surface area contributed by atoms with Crippen molar-refractivity contribution in [1.29, 1.82) is 0 Å². The molecule has 1 rings (SSSR count). The van der Waals surface area contributed by atoms with Crippen molar-refractivity contribution in [2.45, 2.75) is 32.9 Å². The van der Waals surface area contributed by atoms with Crippen molar-refractivity contribution in [3.05, 3.63) is 35.1 Å². The van der Waals surface area contributed by atoms with Crippen LogP contribution in [0.25, 0.3) is 0 Å². The van der Waals surface area contributed by atoms with E-state index in [0.717, 1.165) is 0 Å². The van der Waals surface area contributed by atoms with Gasteiger partial charge in [0, 0.05) is 17.7 Å². The van der Waals surface area contributed by atoms with Crippen molar-refractivity contribution < 1.29 is 13.9 Å². The van der Waals surface area contributed by atoms with Gasteiger partial charge in [0.2, 0.25) is 5.91 Å². The molecule has 1 aromatic carbocycles. The van der Waals surface area contributed by atoms with E-state index in [9.17, 15) is 9.18 Å². The van der Waals surface area contributed by atoms with Crippen LogP contribution >= 0.6 is 0 Å². The standard InChI is InChI=1S/C16H21FN2O2/c1-16(2,3)21-11-15(20)19-10-13-9-12(5-4-8-18)6-7-14(13)17/h6-7,9H,8,10-11,18H2,1-3H3,(H,19,20). The van der Waals surface area contributed by atoms with E-state index in [-0.39, 0.29) is 37.0 Å². The van der Waals surface area contributed by atoms with E-state index >= 15 is 0 Å². The smallest absolute Gasteiger partial charge is 0.246 e. The maximum absolute atomic E-state index is 13.7. The predicted octanol–water partition coefficient (Wildman–Crippen LogP) is 1.57. The number of carbonyl (C=O) groups is 1. The molecule has 3 N–H and O–H groups in total. The number of ether oxygens (including phenoxy) is 1. The maximum Gasteiger partial charge on any atom is 0.246 e. The van der Waals surface area contributed by atoms with Crippen LogP contribution in [0.1, 0.15) is 31.9 Å². The molecular formula is C16H21FN2O2. The molecule has 0 radical (unpaired) electrons. The third kappa shape index (κ3) is 6.89.